The standard InChI is InChI=1S/C17H18Cl2S2/c1-10-16(6-12(8-18)20-10)14-4-3-5-15(14)17-7-13(9-19)21-11(17)2/h6-7H,3-5,8-9H2,1-2H3. The Kier molecular flexibility index (Phi) is 4.80. The number of thiophene rings is 2. The highest BCUT2D eigenvalue weighted by atomic mass is 35.5. The largest absolute Gasteiger partial charge is 0.144 e. The zero-order valence-corrected chi connectivity index (χ0v) is 15.4. The number of alkyl halides is 2. The third-order valence-electron chi connectivity index (χ3n) is 4.07. The summed E-state index contributed by atoms with van der Waals surface area (Å²) in [6.07, 6.45) is 3.61. The Balaban J connectivity index is 2.09. The van der Waals surface area contributed by atoms with E-state index in [0.717, 1.165) is 0 Å². The van der Waals surface area contributed by atoms with Crippen molar-refractivity contribution in [2.75, 3.05) is 0 Å². The summed E-state index contributed by atoms with van der Waals surface area (Å²) in [6.45, 7) is 4.42. The number of hydrogen-bond acceptors (Lipinski definition) is 2. The molecule has 2 aromatic heterocycles. The SMILES string of the molecule is Cc1sc(CCl)cc1C1=C(c2cc(CCl)sc2C)CCC1. The summed E-state index contributed by atoms with van der Waals surface area (Å²) >= 11 is 15.7. The van der Waals surface area contributed by atoms with E-state index in [1.165, 1.54) is 61.0 Å². The summed E-state index contributed by atoms with van der Waals surface area (Å²) in [5.74, 6) is 1.23. The molecule has 3 rings (SSSR count). The van der Waals surface area contributed by atoms with Gasteiger partial charge in [0.1, 0.15) is 0 Å². The maximum absolute atomic E-state index is 6.00. The third-order valence-corrected chi connectivity index (χ3v) is 7.06. The zero-order chi connectivity index (χ0) is 15.0. The Morgan fingerprint density at radius 1 is 0.857 bits per heavy atom. The molecular formula is C17H18Cl2S2. The van der Waals surface area contributed by atoms with Crippen LogP contribution in [0.25, 0.3) is 11.1 Å². The van der Waals surface area contributed by atoms with Crippen LogP contribution in [-0.2, 0) is 11.8 Å². The molecule has 2 heterocycles. The lowest BCUT2D eigenvalue weighted by Crippen LogP contribution is -1.86. The van der Waals surface area contributed by atoms with Crippen molar-refractivity contribution in [1.29, 1.82) is 0 Å². The van der Waals surface area contributed by atoms with Crippen LogP contribution in [0.15, 0.2) is 12.1 Å². The van der Waals surface area contributed by atoms with Crippen molar-refractivity contribution in [3.63, 3.8) is 0 Å². The summed E-state index contributed by atoms with van der Waals surface area (Å²) in [4.78, 5) is 5.33. The lowest BCUT2D eigenvalue weighted by molar-refractivity contribution is 0.941. The maximum Gasteiger partial charge on any atom is 0.0568 e. The van der Waals surface area contributed by atoms with Crippen molar-refractivity contribution in [2.24, 2.45) is 0 Å². The molecule has 2 aromatic rings. The molecule has 0 unspecified atom stereocenters. The van der Waals surface area contributed by atoms with E-state index in [2.05, 4.69) is 26.0 Å². The Hall–Kier alpha value is -0.280. The molecule has 0 aromatic carbocycles. The van der Waals surface area contributed by atoms with Crippen molar-refractivity contribution in [3.8, 4) is 0 Å². The topological polar surface area (TPSA) is 0 Å². The van der Waals surface area contributed by atoms with Crippen LogP contribution in [0.3, 0.4) is 0 Å². The molecule has 21 heavy (non-hydrogen) atoms. The highest BCUT2D eigenvalue weighted by Gasteiger charge is 2.22. The third kappa shape index (κ3) is 2.96. The second kappa shape index (κ2) is 6.45. The lowest BCUT2D eigenvalue weighted by atomic mass is 9.97. The Morgan fingerprint density at radius 2 is 1.29 bits per heavy atom. The van der Waals surface area contributed by atoms with Crippen LogP contribution < -0.4 is 0 Å². The maximum atomic E-state index is 6.00. The molecule has 0 radical (unpaired) electrons. The molecule has 1 aliphatic rings. The van der Waals surface area contributed by atoms with Gasteiger partial charge in [-0.25, -0.2) is 0 Å². The molecule has 4 heteroatoms. The first-order valence-corrected chi connectivity index (χ1v) is 9.87. The second-order valence-electron chi connectivity index (χ2n) is 5.44. The molecule has 112 valence electrons. The van der Waals surface area contributed by atoms with E-state index >= 15 is 0 Å². The van der Waals surface area contributed by atoms with Crippen molar-refractivity contribution in [3.05, 3.63) is 42.8 Å². The fourth-order valence-corrected chi connectivity index (χ4v) is 5.47. The summed E-state index contributed by atoms with van der Waals surface area (Å²) < 4.78 is 0. The molecule has 1 aliphatic carbocycles. The van der Waals surface area contributed by atoms with Crippen molar-refractivity contribution >= 4 is 57.0 Å². The van der Waals surface area contributed by atoms with Gasteiger partial charge in [0.05, 0.1) is 11.8 Å². The van der Waals surface area contributed by atoms with Crippen molar-refractivity contribution in [2.45, 2.75) is 44.9 Å². The van der Waals surface area contributed by atoms with Gasteiger partial charge < -0.3 is 0 Å². The average Bonchev–Trinajstić information content (AvgIpc) is 3.16. The molecule has 0 fully saturated rings. The molecule has 0 N–H and O–H groups in total. The quantitative estimate of drug-likeness (QED) is 0.517. The number of aryl methyl sites for hydroxylation is 2. The monoisotopic (exact) mass is 356 g/mol. The summed E-state index contributed by atoms with van der Waals surface area (Å²) in [5.41, 5.74) is 5.90. The molecule has 0 atom stereocenters. The lowest BCUT2D eigenvalue weighted by Gasteiger charge is -2.07. The normalized spacial score (nSPS) is 15.2. The number of rotatable bonds is 4. The van der Waals surface area contributed by atoms with Crippen LogP contribution in [0.1, 0.15) is 49.9 Å². The van der Waals surface area contributed by atoms with Gasteiger partial charge in [-0.05, 0) is 67.5 Å². The van der Waals surface area contributed by atoms with E-state index in [1.807, 2.05) is 22.7 Å². The van der Waals surface area contributed by atoms with E-state index in [1.54, 1.807) is 0 Å². The first-order chi connectivity index (χ1) is 10.1. The Morgan fingerprint density at radius 3 is 1.62 bits per heavy atom. The molecule has 0 bridgehead atoms. The minimum atomic E-state index is 0.613. The molecule has 0 amide bonds. The van der Waals surface area contributed by atoms with E-state index in [4.69, 9.17) is 23.2 Å². The zero-order valence-electron chi connectivity index (χ0n) is 12.3. The molecule has 0 spiro atoms. The summed E-state index contributed by atoms with van der Waals surface area (Å²) in [7, 11) is 0. The van der Waals surface area contributed by atoms with Crippen LogP contribution in [0.4, 0.5) is 0 Å². The fourth-order valence-electron chi connectivity index (χ4n) is 3.16. The van der Waals surface area contributed by atoms with Gasteiger partial charge in [-0.1, -0.05) is 0 Å². The van der Waals surface area contributed by atoms with E-state index < -0.39 is 0 Å². The smallest absolute Gasteiger partial charge is 0.0568 e. The highest BCUT2D eigenvalue weighted by Crippen LogP contribution is 2.45. The Labute approximate surface area is 144 Å². The number of halogens is 2. The van der Waals surface area contributed by atoms with Gasteiger partial charge in [0.2, 0.25) is 0 Å². The summed E-state index contributed by atoms with van der Waals surface area (Å²) in [6, 6.07) is 4.58. The van der Waals surface area contributed by atoms with Crippen LogP contribution >= 0.6 is 45.9 Å². The number of hydrogen-bond donors (Lipinski definition) is 0. The van der Waals surface area contributed by atoms with Crippen molar-refractivity contribution in [1.82, 2.24) is 0 Å². The van der Waals surface area contributed by atoms with Gasteiger partial charge in [-0.15, -0.1) is 45.9 Å². The van der Waals surface area contributed by atoms with Crippen LogP contribution in [-0.4, -0.2) is 0 Å². The summed E-state index contributed by atoms with van der Waals surface area (Å²) in [5, 5.41) is 0. The van der Waals surface area contributed by atoms with E-state index in [-0.39, 0.29) is 0 Å². The molecule has 0 nitrogen and oxygen atoms in total. The molecule has 0 saturated heterocycles. The molecule has 0 saturated carbocycles. The van der Waals surface area contributed by atoms with Crippen LogP contribution in [0.2, 0.25) is 0 Å². The minimum Gasteiger partial charge on any atom is -0.144 e. The Bertz CT molecular complexity index is 633. The van der Waals surface area contributed by atoms with Crippen LogP contribution in [0, 0.1) is 13.8 Å². The fraction of sp³-hybridized carbons (Fsp3) is 0.412. The first-order valence-electron chi connectivity index (χ1n) is 7.17. The number of allylic oxidation sites excluding steroid dienone is 2. The van der Waals surface area contributed by atoms with E-state index in [0.29, 0.717) is 11.8 Å². The average molecular weight is 357 g/mol. The highest BCUT2D eigenvalue weighted by molar-refractivity contribution is 7.12. The van der Waals surface area contributed by atoms with Gasteiger partial charge in [0.25, 0.3) is 0 Å². The van der Waals surface area contributed by atoms with Gasteiger partial charge in [0, 0.05) is 19.5 Å². The van der Waals surface area contributed by atoms with Crippen LogP contribution in [0.5, 0.6) is 0 Å². The van der Waals surface area contributed by atoms with Gasteiger partial charge >= 0.3 is 0 Å². The predicted molar refractivity (Wildman–Crippen MR) is 97.9 cm³/mol. The molecule has 0 aliphatic heterocycles. The second-order valence-corrected chi connectivity index (χ2v) is 8.66. The van der Waals surface area contributed by atoms with Gasteiger partial charge in [0.15, 0.2) is 0 Å². The van der Waals surface area contributed by atoms with Gasteiger partial charge in [-0.2, -0.15) is 0 Å². The predicted octanol–water partition coefficient (Wildman–Crippen LogP) is 7.00. The first kappa shape index (κ1) is 15.6. The minimum absolute atomic E-state index is 0.613. The van der Waals surface area contributed by atoms with Crippen molar-refractivity contribution < 1.29 is 0 Å². The van der Waals surface area contributed by atoms with E-state index in [9.17, 15) is 0 Å². The molecular weight excluding hydrogens is 339 g/mol. The van der Waals surface area contributed by atoms with Gasteiger partial charge in [-0.3, -0.25) is 0 Å².